The lowest BCUT2D eigenvalue weighted by molar-refractivity contribution is -0.399. The van der Waals surface area contributed by atoms with Crippen LogP contribution in [0.5, 0.6) is 0 Å². The molecular formula is C7H6BrF6NO2. The van der Waals surface area contributed by atoms with Gasteiger partial charge >= 0.3 is 24.0 Å². The monoisotopic (exact) mass is 329 g/mol. The molecule has 1 fully saturated rings. The molecule has 0 bridgehead atoms. The molecule has 1 saturated heterocycles. The zero-order valence-corrected chi connectivity index (χ0v) is 9.78. The highest BCUT2D eigenvalue weighted by Crippen LogP contribution is 2.52. The number of ether oxygens (including phenoxy) is 1. The van der Waals surface area contributed by atoms with Crippen LogP contribution in [0.4, 0.5) is 26.3 Å². The smallest absolute Gasteiger partial charge is 0.423 e. The highest BCUT2D eigenvalue weighted by Gasteiger charge is 2.81. The van der Waals surface area contributed by atoms with Crippen LogP contribution < -0.4 is 0 Å². The molecule has 0 amide bonds. The van der Waals surface area contributed by atoms with Crippen molar-refractivity contribution in [2.45, 2.75) is 31.0 Å². The third-order valence-corrected chi connectivity index (χ3v) is 2.90. The van der Waals surface area contributed by atoms with Crippen molar-refractivity contribution in [3.63, 3.8) is 0 Å². The van der Waals surface area contributed by atoms with E-state index in [1.807, 2.05) is 0 Å². The maximum absolute atomic E-state index is 12.6. The largest absolute Gasteiger partial charge is 0.453 e. The summed E-state index contributed by atoms with van der Waals surface area (Å²) in [7, 11) is 0. The van der Waals surface area contributed by atoms with Gasteiger partial charge in [-0.05, 0) is 6.92 Å². The second-order valence-electron chi connectivity index (χ2n) is 3.33. The quantitative estimate of drug-likeness (QED) is 0.320. The molecule has 1 atom stereocenters. The van der Waals surface area contributed by atoms with Crippen LogP contribution in [0.15, 0.2) is 0 Å². The fraction of sp³-hybridized carbons (Fsp3) is 0.857. The number of hydrogen-bond acceptors (Lipinski definition) is 3. The molecule has 0 saturated carbocycles. The van der Waals surface area contributed by atoms with Gasteiger partial charge in [-0.2, -0.15) is 26.3 Å². The summed E-state index contributed by atoms with van der Waals surface area (Å²) in [5.74, 6) is -1.57. The van der Waals surface area contributed by atoms with Gasteiger partial charge in [0, 0.05) is 0 Å². The first-order valence-corrected chi connectivity index (χ1v) is 5.30. The number of nitrogens with zero attached hydrogens (tertiary/aromatic N) is 1. The van der Waals surface area contributed by atoms with Crippen LogP contribution in [0.25, 0.3) is 0 Å². The number of halogens is 7. The summed E-state index contributed by atoms with van der Waals surface area (Å²) in [6, 6.07) is -1.64. The summed E-state index contributed by atoms with van der Waals surface area (Å²) in [5, 5.41) is 0. The van der Waals surface area contributed by atoms with E-state index >= 15 is 0 Å². The highest BCUT2D eigenvalue weighted by atomic mass is 79.9. The van der Waals surface area contributed by atoms with Gasteiger partial charge in [-0.3, -0.25) is 4.79 Å². The summed E-state index contributed by atoms with van der Waals surface area (Å²) >= 11 is 2.50. The predicted molar refractivity (Wildman–Crippen MR) is 46.0 cm³/mol. The van der Waals surface area contributed by atoms with Gasteiger partial charge in [0.25, 0.3) is 0 Å². The summed E-state index contributed by atoms with van der Waals surface area (Å²) in [4.78, 5) is 10.8. The number of carbonyl (C=O) groups is 1. The van der Waals surface area contributed by atoms with E-state index in [0.29, 0.717) is 0 Å². The van der Waals surface area contributed by atoms with E-state index in [0.717, 1.165) is 6.92 Å². The molecule has 1 rings (SSSR count). The first-order valence-electron chi connectivity index (χ1n) is 4.18. The Morgan fingerprint density at radius 1 is 1.29 bits per heavy atom. The predicted octanol–water partition coefficient (Wildman–Crippen LogP) is 2.41. The number of cyclic esters (lactones) is 1. The van der Waals surface area contributed by atoms with Crippen LogP contribution >= 0.6 is 15.9 Å². The van der Waals surface area contributed by atoms with Crippen LogP contribution in [0.3, 0.4) is 0 Å². The Morgan fingerprint density at radius 3 is 1.94 bits per heavy atom. The maximum Gasteiger partial charge on any atom is 0.453 e. The van der Waals surface area contributed by atoms with Crippen molar-refractivity contribution in [3.05, 3.63) is 0 Å². The molecule has 10 heteroatoms. The average Bonchev–Trinajstić information content (AvgIpc) is 2.38. The molecule has 0 aliphatic carbocycles. The third-order valence-electron chi connectivity index (χ3n) is 2.36. The maximum atomic E-state index is 12.6. The molecule has 0 spiro atoms. The molecule has 0 N–H and O–H groups in total. The summed E-state index contributed by atoms with van der Waals surface area (Å²) < 4.78 is 79.4. The molecular weight excluding hydrogens is 324 g/mol. The summed E-state index contributed by atoms with van der Waals surface area (Å²) in [5.41, 5.74) is -5.39. The van der Waals surface area contributed by atoms with E-state index < -0.39 is 35.5 Å². The van der Waals surface area contributed by atoms with E-state index in [1.54, 1.807) is 0 Å². The van der Waals surface area contributed by atoms with Crippen molar-refractivity contribution in [3.8, 4) is 0 Å². The number of carbonyl (C=O) groups excluding carboxylic acids is 1. The van der Waals surface area contributed by atoms with E-state index in [1.165, 1.54) is 0 Å². The van der Waals surface area contributed by atoms with Crippen molar-refractivity contribution >= 4 is 21.9 Å². The van der Waals surface area contributed by atoms with Gasteiger partial charge in [0.2, 0.25) is 0 Å². The summed E-state index contributed by atoms with van der Waals surface area (Å²) in [6.45, 7) is 0.906. The zero-order valence-electron chi connectivity index (χ0n) is 8.19. The van der Waals surface area contributed by atoms with Gasteiger partial charge in [0.15, 0.2) is 0 Å². The van der Waals surface area contributed by atoms with Gasteiger partial charge in [0.1, 0.15) is 6.04 Å². The minimum Gasteiger partial charge on any atom is -0.423 e. The van der Waals surface area contributed by atoms with Gasteiger partial charge in [-0.15, -0.1) is 0 Å². The minimum absolute atomic E-state index is 0.130. The van der Waals surface area contributed by atoms with Gasteiger partial charge < -0.3 is 4.74 Å². The Hall–Kier alpha value is -0.510. The van der Waals surface area contributed by atoms with Crippen molar-refractivity contribution < 1.29 is 35.9 Å². The fourth-order valence-electron chi connectivity index (χ4n) is 1.48. The Kier molecular flexibility index (Phi) is 3.43. The molecule has 1 aliphatic heterocycles. The SMILES string of the molecule is CC1C(=O)OC(C(F)(F)F)(C(F)(F)F)N1CBr. The Labute approximate surface area is 99.8 Å². The van der Waals surface area contributed by atoms with Crippen LogP contribution in [0.1, 0.15) is 6.92 Å². The van der Waals surface area contributed by atoms with Crippen LogP contribution in [0.2, 0.25) is 0 Å². The van der Waals surface area contributed by atoms with Crippen molar-refractivity contribution in [1.29, 1.82) is 0 Å². The average molecular weight is 330 g/mol. The Balaban J connectivity index is 3.40. The lowest BCUT2D eigenvalue weighted by Crippen LogP contribution is -2.66. The van der Waals surface area contributed by atoms with Gasteiger partial charge in [0.05, 0.1) is 5.45 Å². The molecule has 1 heterocycles. The second kappa shape index (κ2) is 4.01. The molecule has 0 aromatic rings. The zero-order chi connectivity index (χ0) is 13.6. The minimum atomic E-state index is -5.78. The number of hydrogen-bond donors (Lipinski definition) is 0. The van der Waals surface area contributed by atoms with E-state index in [4.69, 9.17) is 0 Å². The number of alkyl halides is 7. The molecule has 1 unspecified atom stereocenters. The van der Waals surface area contributed by atoms with E-state index in [9.17, 15) is 31.1 Å². The second-order valence-corrected chi connectivity index (χ2v) is 3.83. The Bertz CT molecular complexity index is 313. The molecule has 0 aromatic heterocycles. The third kappa shape index (κ3) is 1.90. The van der Waals surface area contributed by atoms with E-state index in [2.05, 4.69) is 20.7 Å². The lowest BCUT2D eigenvalue weighted by Gasteiger charge is -2.37. The fourth-order valence-corrected chi connectivity index (χ4v) is 2.27. The molecule has 3 nitrogen and oxygen atoms in total. The normalized spacial score (nSPS) is 26.1. The number of rotatable bonds is 1. The number of esters is 1. The van der Waals surface area contributed by atoms with Crippen molar-refractivity contribution in [2.24, 2.45) is 0 Å². The summed E-state index contributed by atoms with van der Waals surface area (Å²) in [6.07, 6.45) is -11.6. The highest BCUT2D eigenvalue weighted by molar-refractivity contribution is 9.09. The van der Waals surface area contributed by atoms with Crippen LogP contribution in [-0.2, 0) is 9.53 Å². The van der Waals surface area contributed by atoms with E-state index in [-0.39, 0.29) is 4.90 Å². The molecule has 100 valence electrons. The molecule has 17 heavy (non-hydrogen) atoms. The lowest BCUT2D eigenvalue weighted by atomic mass is 10.1. The standard InChI is InChI=1S/C7H6BrF6NO2/c1-3-4(16)17-5(6(9,10)11,7(12,13)14)15(3)2-8/h3H,2H2,1H3. The van der Waals surface area contributed by atoms with Crippen LogP contribution in [0, 0.1) is 0 Å². The van der Waals surface area contributed by atoms with Crippen molar-refractivity contribution in [2.75, 3.05) is 5.45 Å². The first-order chi connectivity index (χ1) is 7.49. The first kappa shape index (κ1) is 14.6. The van der Waals surface area contributed by atoms with Gasteiger partial charge in [-0.25, -0.2) is 4.90 Å². The molecule has 0 radical (unpaired) electrons. The molecule has 1 aliphatic rings. The van der Waals surface area contributed by atoms with Gasteiger partial charge in [-0.1, -0.05) is 15.9 Å². The van der Waals surface area contributed by atoms with Crippen molar-refractivity contribution in [1.82, 2.24) is 4.90 Å². The van der Waals surface area contributed by atoms with Crippen LogP contribution in [-0.4, -0.2) is 40.4 Å². The Morgan fingerprint density at radius 2 is 1.71 bits per heavy atom. The topological polar surface area (TPSA) is 29.5 Å². The molecule has 0 aromatic carbocycles.